The molecule has 0 spiro atoms. The molecule has 30 heavy (non-hydrogen) atoms. The summed E-state index contributed by atoms with van der Waals surface area (Å²) >= 11 is 1.61. The number of carbonyl (C=O) groups excluding carboxylic acids is 1. The molecule has 6 heteroatoms. The van der Waals surface area contributed by atoms with Crippen LogP contribution in [0, 0.1) is 6.92 Å². The zero-order valence-corrected chi connectivity index (χ0v) is 17.1. The van der Waals surface area contributed by atoms with Crippen LogP contribution in [0.1, 0.15) is 26.5 Å². The summed E-state index contributed by atoms with van der Waals surface area (Å²) in [5, 5.41) is 10.2. The molecule has 0 saturated carbocycles. The van der Waals surface area contributed by atoms with E-state index in [1.807, 2.05) is 72.1 Å². The molecule has 5 rings (SSSR count). The lowest BCUT2D eigenvalue weighted by molar-refractivity contribution is 0.104. The number of aliphatic hydroxyl groups excluding tert-OH is 1. The molecule has 3 heterocycles. The summed E-state index contributed by atoms with van der Waals surface area (Å²) < 4.78 is 2.02. The Bertz CT molecular complexity index is 1400. The lowest BCUT2D eigenvalue weighted by Gasteiger charge is -2.02. The molecule has 0 atom stereocenters. The van der Waals surface area contributed by atoms with Crippen LogP contribution >= 0.6 is 11.3 Å². The summed E-state index contributed by atoms with van der Waals surface area (Å²) in [4.78, 5) is 22.9. The van der Waals surface area contributed by atoms with Crippen LogP contribution in [0.4, 0.5) is 0 Å². The Labute approximate surface area is 177 Å². The van der Waals surface area contributed by atoms with Crippen molar-refractivity contribution in [1.82, 2.24) is 14.4 Å². The van der Waals surface area contributed by atoms with Crippen molar-refractivity contribution in [2.24, 2.45) is 0 Å². The molecule has 5 aromatic rings. The molecule has 2 N–H and O–H groups in total. The number of aliphatic hydroxyl groups is 1. The Hall–Kier alpha value is -3.48. The highest BCUT2D eigenvalue weighted by Crippen LogP contribution is 2.30. The van der Waals surface area contributed by atoms with Gasteiger partial charge >= 0.3 is 0 Å². The standard InChI is InChI=1S/C24H19N3O2S/c1-15-13-27-21(10-11-22(29)19-12-25-20-5-3-2-4-18(19)20)23(26-24(27)30-15)17-8-6-16(14-28)7-9-17/h2-13,25,28H,14H2,1H3/b11-10+. The van der Waals surface area contributed by atoms with E-state index in [-0.39, 0.29) is 12.4 Å². The first kappa shape index (κ1) is 18.5. The van der Waals surface area contributed by atoms with Gasteiger partial charge in [-0.25, -0.2) is 4.98 Å². The lowest BCUT2D eigenvalue weighted by Crippen LogP contribution is -1.93. The van der Waals surface area contributed by atoms with Gasteiger partial charge in [0.2, 0.25) is 0 Å². The van der Waals surface area contributed by atoms with Crippen molar-refractivity contribution in [1.29, 1.82) is 0 Å². The molecule has 5 nitrogen and oxygen atoms in total. The number of aromatic amines is 1. The Morgan fingerprint density at radius 2 is 2.00 bits per heavy atom. The van der Waals surface area contributed by atoms with E-state index in [1.54, 1.807) is 23.6 Å². The molecule has 0 saturated heterocycles. The van der Waals surface area contributed by atoms with Crippen molar-refractivity contribution in [2.75, 3.05) is 0 Å². The number of nitrogens with one attached hydrogen (secondary N) is 1. The number of thiazole rings is 1. The van der Waals surface area contributed by atoms with E-state index in [0.717, 1.165) is 43.3 Å². The second kappa shape index (κ2) is 7.40. The van der Waals surface area contributed by atoms with Crippen LogP contribution in [0.15, 0.2) is 67.0 Å². The fourth-order valence-corrected chi connectivity index (χ4v) is 4.46. The number of ketones is 1. The van der Waals surface area contributed by atoms with Gasteiger partial charge in [-0.3, -0.25) is 9.20 Å². The Kier molecular flexibility index (Phi) is 4.58. The van der Waals surface area contributed by atoms with Gasteiger partial charge in [0, 0.05) is 39.3 Å². The average Bonchev–Trinajstić information content (AvgIpc) is 3.44. The van der Waals surface area contributed by atoms with Crippen LogP contribution in [0.5, 0.6) is 0 Å². The molecule has 2 aromatic carbocycles. The summed E-state index contributed by atoms with van der Waals surface area (Å²) in [5.74, 6) is -0.0593. The number of imidazole rings is 1. The number of aryl methyl sites for hydroxylation is 1. The minimum Gasteiger partial charge on any atom is -0.392 e. The highest BCUT2D eigenvalue weighted by atomic mass is 32.1. The molecular weight excluding hydrogens is 394 g/mol. The summed E-state index contributed by atoms with van der Waals surface area (Å²) in [6, 6.07) is 15.4. The fraction of sp³-hybridized carbons (Fsp3) is 0.0833. The maximum Gasteiger partial charge on any atom is 0.194 e. The van der Waals surface area contributed by atoms with E-state index in [1.165, 1.54) is 0 Å². The number of carbonyl (C=O) groups is 1. The third-order valence-electron chi connectivity index (χ3n) is 5.14. The maximum absolute atomic E-state index is 12.9. The monoisotopic (exact) mass is 413 g/mol. The van der Waals surface area contributed by atoms with Crippen LogP contribution in [-0.2, 0) is 6.61 Å². The molecule has 0 radical (unpaired) electrons. The zero-order valence-electron chi connectivity index (χ0n) is 16.3. The molecular formula is C24H19N3O2S. The van der Waals surface area contributed by atoms with E-state index >= 15 is 0 Å². The molecule has 0 unspecified atom stereocenters. The number of hydrogen-bond donors (Lipinski definition) is 2. The van der Waals surface area contributed by atoms with Crippen molar-refractivity contribution in [3.05, 3.63) is 88.7 Å². The minimum atomic E-state index is -0.0593. The van der Waals surface area contributed by atoms with Crippen LogP contribution in [0.3, 0.4) is 0 Å². The summed E-state index contributed by atoms with van der Waals surface area (Å²) in [7, 11) is 0. The van der Waals surface area contributed by atoms with Crippen LogP contribution in [-0.4, -0.2) is 25.3 Å². The van der Waals surface area contributed by atoms with E-state index < -0.39 is 0 Å². The summed E-state index contributed by atoms with van der Waals surface area (Å²) in [6.45, 7) is 2.04. The van der Waals surface area contributed by atoms with Crippen molar-refractivity contribution < 1.29 is 9.90 Å². The second-order valence-electron chi connectivity index (χ2n) is 7.14. The smallest absolute Gasteiger partial charge is 0.194 e. The Morgan fingerprint density at radius 3 is 2.80 bits per heavy atom. The Morgan fingerprint density at radius 1 is 1.20 bits per heavy atom. The quantitative estimate of drug-likeness (QED) is 0.306. The number of rotatable bonds is 5. The van der Waals surface area contributed by atoms with E-state index in [9.17, 15) is 9.90 Å². The molecule has 0 amide bonds. The third kappa shape index (κ3) is 3.16. The normalized spacial score (nSPS) is 11.8. The van der Waals surface area contributed by atoms with Gasteiger partial charge in [0.15, 0.2) is 10.7 Å². The van der Waals surface area contributed by atoms with E-state index in [2.05, 4.69) is 4.98 Å². The van der Waals surface area contributed by atoms with Gasteiger partial charge in [0.25, 0.3) is 0 Å². The molecule has 0 fully saturated rings. The van der Waals surface area contributed by atoms with Gasteiger partial charge < -0.3 is 10.1 Å². The number of allylic oxidation sites excluding steroid dienone is 1. The van der Waals surface area contributed by atoms with Gasteiger partial charge in [-0.1, -0.05) is 42.5 Å². The summed E-state index contributed by atoms with van der Waals surface area (Å²) in [5.41, 5.74) is 5.06. The lowest BCUT2D eigenvalue weighted by atomic mass is 10.1. The maximum atomic E-state index is 12.9. The average molecular weight is 414 g/mol. The highest BCUT2D eigenvalue weighted by Gasteiger charge is 2.15. The predicted molar refractivity (Wildman–Crippen MR) is 121 cm³/mol. The van der Waals surface area contributed by atoms with Gasteiger partial charge in [0.05, 0.1) is 18.0 Å². The highest BCUT2D eigenvalue weighted by molar-refractivity contribution is 7.17. The summed E-state index contributed by atoms with van der Waals surface area (Å²) in [6.07, 6.45) is 7.24. The van der Waals surface area contributed by atoms with Crippen molar-refractivity contribution in [3.8, 4) is 11.3 Å². The molecule has 148 valence electrons. The first-order valence-corrected chi connectivity index (χ1v) is 10.4. The van der Waals surface area contributed by atoms with Crippen molar-refractivity contribution in [2.45, 2.75) is 13.5 Å². The number of H-pyrrole nitrogens is 1. The number of hydrogen-bond acceptors (Lipinski definition) is 4. The number of aromatic nitrogens is 3. The number of benzene rings is 2. The molecule has 0 aliphatic heterocycles. The van der Waals surface area contributed by atoms with E-state index in [0.29, 0.717) is 5.56 Å². The van der Waals surface area contributed by atoms with Crippen LogP contribution in [0.25, 0.3) is 33.2 Å². The predicted octanol–water partition coefficient (Wildman–Crippen LogP) is 5.24. The number of fused-ring (bicyclic) bond motifs is 2. The first-order chi connectivity index (χ1) is 14.6. The fourth-order valence-electron chi connectivity index (χ4n) is 3.63. The van der Waals surface area contributed by atoms with Crippen LogP contribution < -0.4 is 0 Å². The third-order valence-corrected chi connectivity index (χ3v) is 6.03. The van der Waals surface area contributed by atoms with Crippen molar-refractivity contribution >= 4 is 39.1 Å². The zero-order chi connectivity index (χ0) is 20.7. The molecule has 3 aromatic heterocycles. The SMILES string of the molecule is Cc1cn2c(/C=C/C(=O)c3c[nH]c4ccccc34)c(-c3ccc(CO)cc3)nc2s1. The van der Waals surface area contributed by atoms with E-state index in [4.69, 9.17) is 4.98 Å². The van der Waals surface area contributed by atoms with Gasteiger partial charge in [0.1, 0.15) is 0 Å². The van der Waals surface area contributed by atoms with Gasteiger partial charge in [-0.15, -0.1) is 11.3 Å². The largest absolute Gasteiger partial charge is 0.392 e. The van der Waals surface area contributed by atoms with Crippen LogP contribution in [0.2, 0.25) is 0 Å². The number of nitrogens with zero attached hydrogens (tertiary/aromatic N) is 2. The van der Waals surface area contributed by atoms with Gasteiger partial charge in [-0.2, -0.15) is 0 Å². The second-order valence-corrected chi connectivity index (χ2v) is 8.35. The molecule has 0 bridgehead atoms. The van der Waals surface area contributed by atoms with Crippen molar-refractivity contribution in [3.63, 3.8) is 0 Å². The molecule has 0 aliphatic rings. The molecule has 0 aliphatic carbocycles. The first-order valence-electron chi connectivity index (χ1n) is 9.61. The topological polar surface area (TPSA) is 70.4 Å². The Balaban J connectivity index is 1.57. The number of para-hydroxylation sites is 1. The van der Waals surface area contributed by atoms with Gasteiger partial charge in [-0.05, 0) is 30.7 Å². The minimum absolute atomic E-state index is 0.00361.